The number of aliphatic hydroxyl groups excluding tert-OH is 1. The van der Waals surface area contributed by atoms with Crippen LogP contribution in [0.3, 0.4) is 0 Å². The first-order valence-corrected chi connectivity index (χ1v) is 9.35. The second-order valence-electron chi connectivity index (χ2n) is 6.60. The number of imidazole rings is 1. The Bertz CT molecular complexity index is 874. The van der Waals surface area contributed by atoms with Crippen LogP contribution in [0.5, 0.6) is 11.5 Å². The number of aliphatic hydroxyl groups is 1. The van der Waals surface area contributed by atoms with Gasteiger partial charge in [-0.2, -0.15) is 0 Å². The van der Waals surface area contributed by atoms with E-state index in [9.17, 15) is 5.11 Å². The predicted octanol–water partition coefficient (Wildman–Crippen LogP) is 2.76. The van der Waals surface area contributed by atoms with Gasteiger partial charge in [-0.25, -0.2) is 9.13 Å². The Balaban J connectivity index is 1.72. The Labute approximate surface area is 159 Å². The highest BCUT2D eigenvalue weighted by atomic mass is 16.5. The van der Waals surface area contributed by atoms with Crippen molar-refractivity contribution in [3.05, 3.63) is 48.5 Å². The van der Waals surface area contributed by atoms with E-state index in [2.05, 4.69) is 17.6 Å². The lowest BCUT2D eigenvalue weighted by Crippen LogP contribution is -2.43. The van der Waals surface area contributed by atoms with Crippen LogP contribution in [-0.2, 0) is 13.1 Å². The van der Waals surface area contributed by atoms with Gasteiger partial charge in [-0.3, -0.25) is 5.73 Å². The van der Waals surface area contributed by atoms with E-state index in [1.54, 1.807) is 7.11 Å². The van der Waals surface area contributed by atoms with Crippen LogP contribution in [0.25, 0.3) is 11.0 Å². The number of nitrogens with zero attached hydrogens (tertiary/aromatic N) is 2. The summed E-state index contributed by atoms with van der Waals surface area (Å²) in [4.78, 5) is 0. The summed E-state index contributed by atoms with van der Waals surface area (Å²) in [7, 11) is 1.62. The van der Waals surface area contributed by atoms with Gasteiger partial charge in [-0.05, 0) is 42.8 Å². The average molecular weight is 370 g/mol. The van der Waals surface area contributed by atoms with Crippen molar-refractivity contribution in [3.8, 4) is 11.5 Å². The number of nitrogens with two attached hydrogens (primary N) is 1. The van der Waals surface area contributed by atoms with Crippen molar-refractivity contribution in [3.63, 3.8) is 0 Å². The highest BCUT2D eigenvalue weighted by Gasteiger charge is 2.22. The van der Waals surface area contributed by atoms with Gasteiger partial charge in [-0.15, -0.1) is 0 Å². The van der Waals surface area contributed by atoms with Crippen molar-refractivity contribution in [1.82, 2.24) is 4.57 Å². The van der Waals surface area contributed by atoms with Crippen molar-refractivity contribution < 1.29 is 19.1 Å². The molecule has 1 heterocycles. The lowest BCUT2D eigenvalue weighted by Gasteiger charge is -2.12. The number of ether oxygens (including phenoxy) is 2. The summed E-state index contributed by atoms with van der Waals surface area (Å²) in [6.07, 6.45) is 1.49. The fourth-order valence-corrected chi connectivity index (χ4v) is 3.18. The smallest absolute Gasteiger partial charge is 0.356 e. The fourth-order valence-electron chi connectivity index (χ4n) is 3.18. The molecule has 6 nitrogen and oxygen atoms in total. The number of hydrogen-bond acceptors (Lipinski definition) is 4. The molecule has 1 aromatic heterocycles. The number of unbranched alkanes of at least 4 members (excludes halogenated alkanes) is 1. The molecule has 1 atom stereocenters. The third-order valence-corrected chi connectivity index (χ3v) is 4.65. The minimum atomic E-state index is -0.676. The molecule has 0 spiro atoms. The molecule has 0 radical (unpaired) electrons. The molecule has 0 saturated carbocycles. The minimum Gasteiger partial charge on any atom is -0.497 e. The molecule has 3 N–H and O–H groups in total. The maximum absolute atomic E-state index is 10.5. The van der Waals surface area contributed by atoms with Crippen LogP contribution in [0, 0.1) is 0 Å². The molecule has 0 saturated heterocycles. The summed E-state index contributed by atoms with van der Waals surface area (Å²) in [5, 5.41) is 10.5. The largest absolute Gasteiger partial charge is 0.497 e. The first kappa shape index (κ1) is 19.0. The van der Waals surface area contributed by atoms with Gasteiger partial charge >= 0.3 is 5.95 Å². The zero-order valence-corrected chi connectivity index (χ0v) is 16.0. The molecule has 2 aromatic carbocycles. The van der Waals surface area contributed by atoms with Gasteiger partial charge in [0.05, 0.1) is 13.7 Å². The molecule has 6 heteroatoms. The maximum atomic E-state index is 10.5. The van der Waals surface area contributed by atoms with E-state index < -0.39 is 6.10 Å². The van der Waals surface area contributed by atoms with E-state index in [0.717, 1.165) is 36.2 Å². The van der Waals surface area contributed by atoms with Gasteiger partial charge in [0.15, 0.2) is 0 Å². The Morgan fingerprint density at radius 1 is 1.11 bits per heavy atom. The van der Waals surface area contributed by atoms with E-state index >= 15 is 0 Å². The zero-order chi connectivity index (χ0) is 19.2. The SMILES string of the molecule is CCCCn1c(N)[n+](CC(O)COc2ccc(OC)cc2)c2ccccc21. The molecule has 0 amide bonds. The van der Waals surface area contributed by atoms with Crippen LogP contribution in [0.15, 0.2) is 48.5 Å². The second-order valence-corrected chi connectivity index (χ2v) is 6.60. The Kier molecular flexibility index (Phi) is 6.19. The molecule has 0 aliphatic heterocycles. The van der Waals surface area contributed by atoms with Crippen molar-refractivity contribution in [2.24, 2.45) is 0 Å². The van der Waals surface area contributed by atoms with Gasteiger partial charge in [0.25, 0.3) is 0 Å². The normalized spacial score (nSPS) is 12.3. The van der Waals surface area contributed by atoms with Crippen molar-refractivity contribution >= 4 is 17.0 Å². The molecule has 3 rings (SSSR count). The van der Waals surface area contributed by atoms with E-state index in [1.807, 2.05) is 47.0 Å². The number of hydrogen-bond donors (Lipinski definition) is 2. The highest BCUT2D eigenvalue weighted by molar-refractivity contribution is 5.73. The lowest BCUT2D eigenvalue weighted by atomic mass is 10.3. The molecule has 0 fully saturated rings. The number of nitrogen functional groups attached to an aromatic ring is 1. The van der Waals surface area contributed by atoms with E-state index in [-0.39, 0.29) is 6.61 Å². The van der Waals surface area contributed by atoms with Gasteiger partial charge in [0.2, 0.25) is 0 Å². The zero-order valence-electron chi connectivity index (χ0n) is 16.0. The van der Waals surface area contributed by atoms with Crippen molar-refractivity contribution in [2.45, 2.75) is 39.0 Å². The van der Waals surface area contributed by atoms with Crippen LogP contribution in [0.1, 0.15) is 19.8 Å². The van der Waals surface area contributed by atoms with Gasteiger partial charge < -0.3 is 14.6 Å². The Morgan fingerprint density at radius 3 is 2.52 bits per heavy atom. The number of aryl methyl sites for hydroxylation is 1. The summed E-state index contributed by atoms with van der Waals surface area (Å²) in [5.41, 5.74) is 8.52. The van der Waals surface area contributed by atoms with Crippen LogP contribution >= 0.6 is 0 Å². The standard InChI is InChI=1S/C21H27N3O3/c1-3-4-13-23-19-7-5-6-8-20(19)24(21(23)22)14-16(25)15-27-18-11-9-17(26-2)10-12-18/h5-12,16,22,25H,3-4,13-15H2,1-2H3/p+1. The van der Waals surface area contributed by atoms with Gasteiger partial charge in [-0.1, -0.05) is 25.5 Å². The quantitative estimate of drug-likeness (QED) is 0.568. The maximum Gasteiger partial charge on any atom is 0.356 e. The summed E-state index contributed by atoms with van der Waals surface area (Å²) < 4.78 is 14.9. The van der Waals surface area contributed by atoms with Crippen molar-refractivity contribution in [2.75, 3.05) is 19.5 Å². The molecule has 1 unspecified atom stereocenters. The van der Waals surface area contributed by atoms with E-state index in [0.29, 0.717) is 18.2 Å². The monoisotopic (exact) mass is 370 g/mol. The summed E-state index contributed by atoms with van der Waals surface area (Å²) >= 11 is 0. The van der Waals surface area contributed by atoms with Gasteiger partial charge in [0.1, 0.15) is 41.8 Å². The summed E-state index contributed by atoms with van der Waals surface area (Å²) in [6.45, 7) is 3.60. The topological polar surface area (TPSA) is 73.5 Å². The third-order valence-electron chi connectivity index (χ3n) is 4.65. The molecule has 0 bridgehead atoms. The number of methoxy groups -OCH3 is 1. The highest BCUT2D eigenvalue weighted by Crippen LogP contribution is 2.19. The minimum absolute atomic E-state index is 0.188. The Hall–Kier alpha value is -2.73. The van der Waals surface area contributed by atoms with E-state index in [4.69, 9.17) is 15.2 Å². The first-order chi connectivity index (χ1) is 13.1. The third kappa shape index (κ3) is 4.34. The van der Waals surface area contributed by atoms with Gasteiger partial charge in [0, 0.05) is 0 Å². The van der Waals surface area contributed by atoms with Crippen LogP contribution < -0.4 is 19.8 Å². The summed E-state index contributed by atoms with van der Waals surface area (Å²) in [6, 6.07) is 15.4. The molecular formula is C21H28N3O3+. The first-order valence-electron chi connectivity index (χ1n) is 9.35. The second kappa shape index (κ2) is 8.77. The lowest BCUT2D eigenvalue weighted by molar-refractivity contribution is -0.665. The number of aromatic nitrogens is 2. The van der Waals surface area contributed by atoms with Crippen LogP contribution in [0.2, 0.25) is 0 Å². The average Bonchev–Trinajstić information content (AvgIpc) is 2.96. The van der Waals surface area contributed by atoms with Crippen LogP contribution in [-0.4, -0.2) is 29.5 Å². The molecule has 3 aromatic rings. The summed E-state index contributed by atoms with van der Waals surface area (Å²) in [5.74, 6) is 2.12. The van der Waals surface area contributed by atoms with E-state index in [1.165, 1.54) is 0 Å². The predicted molar refractivity (Wildman–Crippen MR) is 106 cm³/mol. The molecular weight excluding hydrogens is 342 g/mol. The Morgan fingerprint density at radius 2 is 1.81 bits per heavy atom. The number of para-hydroxylation sites is 2. The molecule has 144 valence electrons. The molecule has 27 heavy (non-hydrogen) atoms. The number of anilines is 1. The number of benzene rings is 2. The fraction of sp³-hybridized carbons (Fsp3) is 0.381. The number of rotatable bonds is 9. The molecule has 0 aliphatic rings. The number of fused-ring (bicyclic) bond motifs is 1. The molecule has 0 aliphatic carbocycles. The van der Waals surface area contributed by atoms with Crippen LogP contribution in [0.4, 0.5) is 5.95 Å². The van der Waals surface area contributed by atoms with Crippen molar-refractivity contribution in [1.29, 1.82) is 0 Å².